The van der Waals surface area contributed by atoms with Crippen LogP contribution in [-0.4, -0.2) is 18.0 Å². The molecule has 5 heteroatoms. The Kier molecular flexibility index (Phi) is 5.07. The SMILES string of the molecule is CC(=O)N1c2ccccc2[C@H](NC(=O)OCc2ccccc2)[C@H](C)C1C1CC1. The van der Waals surface area contributed by atoms with Crippen LogP contribution in [0.1, 0.15) is 43.9 Å². The predicted molar refractivity (Wildman–Crippen MR) is 108 cm³/mol. The van der Waals surface area contributed by atoms with Gasteiger partial charge in [0, 0.05) is 24.6 Å². The highest BCUT2D eigenvalue weighted by molar-refractivity contribution is 5.94. The van der Waals surface area contributed by atoms with Gasteiger partial charge in [0.25, 0.3) is 0 Å². The molecule has 0 spiro atoms. The Morgan fingerprint density at radius 3 is 2.43 bits per heavy atom. The molecule has 2 aliphatic rings. The van der Waals surface area contributed by atoms with Crippen LogP contribution < -0.4 is 10.2 Å². The molecule has 1 heterocycles. The molecule has 3 atom stereocenters. The number of carbonyl (C=O) groups excluding carboxylic acids is 2. The van der Waals surface area contributed by atoms with Crippen molar-refractivity contribution in [1.82, 2.24) is 5.32 Å². The molecule has 1 N–H and O–H groups in total. The largest absolute Gasteiger partial charge is 0.445 e. The molecule has 2 amide bonds. The lowest BCUT2D eigenvalue weighted by molar-refractivity contribution is -0.117. The summed E-state index contributed by atoms with van der Waals surface area (Å²) in [7, 11) is 0. The van der Waals surface area contributed by atoms with E-state index in [1.54, 1.807) is 6.92 Å². The molecule has 1 unspecified atom stereocenters. The Labute approximate surface area is 165 Å². The first-order valence-electron chi connectivity index (χ1n) is 9.92. The van der Waals surface area contributed by atoms with E-state index in [9.17, 15) is 9.59 Å². The van der Waals surface area contributed by atoms with Gasteiger partial charge >= 0.3 is 6.09 Å². The number of amides is 2. The summed E-state index contributed by atoms with van der Waals surface area (Å²) in [6.45, 7) is 3.98. The molecule has 0 radical (unpaired) electrons. The lowest BCUT2D eigenvalue weighted by atomic mass is 9.80. The second-order valence-electron chi connectivity index (χ2n) is 7.82. The Bertz CT molecular complexity index is 863. The van der Waals surface area contributed by atoms with Crippen molar-refractivity contribution in [2.45, 2.75) is 45.4 Å². The molecule has 1 aliphatic heterocycles. The number of para-hydroxylation sites is 1. The standard InChI is InChI=1S/C23H26N2O3/c1-15-21(24-23(27)28-14-17-8-4-3-5-9-17)19-10-6-7-11-20(19)25(16(2)26)22(15)18-12-13-18/h3-11,15,18,21-22H,12-14H2,1-2H3,(H,24,27)/t15-,21+,22?/m0/s1. The van der Waals surface area contributed by atoms with Gasteiger partial charge in [-0.1, -0.05) is 55.5 Å². The summed E-state index contributed by atoms with van der Waals surface area (Å²) in [6.07, 6.45) is 1.83. The number of carbonyl (C=O) groups is 2. The number of alkyl carbamates (subject to hydrolysis) is 1. The van der Waals surface area contributed by atoms with Crippen molar-refractivity contribution in [2.75, 3.05) is 4.90 Å². The van der Waals surface area contributed by atoms with Crippen LogP contribution in [0.5, 0.6) is 0 Å². The fraction of sp³-hybridized carbons (Fsp3) is 0.391. The Hall–Kier alpha value is -2.82. The molecule has 0 aromatic heterocycles. The van der Waals surface area contributed by atoms with Crippen LogP contribution in [0.4, 0.5) is 10.5 Å². The smallest absolute Gasteiger partial charge is 0.407 e. The van der Waals surface area contributed by atoms with E-state index in [0.29, 0.717) is 5.92 Å². The zero-order chi connectivity index (χ0) is 19.7. The van der Waals surface area contributed by atoms with Gasteiger partial charge in [-0.05, 0) is 36.0 Å². The lowest BCUT2D eigenvalue weighted by Crippen LogP contribution is -2.53. The second kappa shape index (κ2) is 7.66. The fourth-order valence-corrected chi connectivity index (χ4v) is 4.40. The summed E-state index contributed by atoms with van der Waals surface area (Å²) < 4.78 is 5.45. The molecule has 0 saturated heterocycles. The summed E-state index contributed by atoms with van der Waals surface area (Å²) >= 11 is 0. The first-order valence-corrected chi connectivity index (χ1v) is 9.92. The monoisotopic (exact) mass is 378 g/mol. The topological polar surface area (TPSA) is 58.6 Å². The fourth-order valence-electron chi connectivity index (χ4n) is 4.40. The average molecular weight is 378 g/mol. The zero-order valence-corrected chi connectivity index (χ0v) is 16.3. The van der Waals surface area contributed by atoms with Crippen LogP contribution in [0.15, 0.2) is 54.6 Å². The van der Waals surface area contributed by atoms with E-state index in [1.807, 2.05) is 59.5 Å². The van der Waals surface area contributed by atoms with Gasteiger partial charge in [-0.15, -0.1) is 0 Å². The van der Waals surface area contributed by atoms with Crippen molar-refractivity contribution >= 4 is 17.7 Å². The predicted octanol–water partition coefficient (Wildman–Crippen LogP) is 4.44. The van der Waals surface area contributed by atoms with E-state index in [0.717, 1.165) is 29.7 Å². The normalized spacial score (nSPS) is 23.6. The molecular weight excluding hydrogens is 352 g/mol. The van der Waals surface area contributed by atoms with Crippen molar-refractivity contribution in [1.29, 1.82) is 0 Å². The van der Waals surface area contributed by atoms with Crippen molar-refractivity contribution in [3.05, 3.63) is 65.7 Å². The molecule has 2 aromatic carbocycles. The van der Waals surface area contributed by atoms with E-state index in [-0.39, 0.29) is 30.5 Å². The molecule has 28 heavy (non-hydrogen) atoms. The van der Waals surface area contributed by atoms with Gasteiger partial charge in [0.15, 0.2) is 0 Å². The van der Waals surface area contributed by atoms with Crippen LogP contribution in [0.25, 0.3) is 0 Å². The van der Waals surface area contributed by atoms with Gasteiger partial charge in [-0.2, -0.15) is 0 Å². The third kappa shape index (κ3) is 3.61. The molecule has 146 valence electrons. The number of rotatable bonds is 4. The third-order valence-corrected chi connectivity index (χ3v) is 5.82. The van der Waals surface area contributed by atoms with Crippen molar-refractivity contribution in [3.63, 3.8) is 0 Å². The molecule has 1 fully saturated rings. The number of fused-ring (bicyclic) bond motifs is 1. The molecule has 0 bridgehead atoms. The number of hydrogen-bond donors (Lipinski definition) is 1. The molecule has 1 aliphatic carbocycles. The van der Waals surface area contributed by atoms with E-state index >= 15 is 0 Å². The van der Waals surface area contributed by atoms with Crippen LogP contribution in [0, 0.1) is 11.8 Å². The maximum absolute atomic E-state index is 12.5. The molecule has 4 rings (SSSR count). The van der Waals surface area contributed by atoms with Crippen molar-refractivity contribution < 1.29 is 14.3 Å². The van der Waals surface area contributed by atoms with Crippen molar-refractivity contribution in [3.8, 4) is 0 Å². The number of nitrogens with zero attached hydrogens (tertiary/aromatic N) is 1. The van der Waals surface area contributed by atoms with Gasteiger partial charge < -0.3 is 15.0 Å². The summed E-state index contributed by atoms with van der Waals surface area (Å²) in [6, 6.07) is 17.4. The van der Waals surface area contributed by atoms with Gasteiger partial charge in [0.1, 0.15) is 6.61 Å². The zero-order valence-electron chi connectivity index (χ0n) is 16.3. The quantitative estimate of drug-likeness (QED) is 0.856. The van der Waals surface area contributed by atoms with Gasteiger partial charge in [0.2, 0.25) is 5.91 Å². The number of hydrogen-bond acceptors (Lipinski definition) is 3. The van der Waals surface area contributed by atoms with Gasteiger partial charge in [-0.3, -0.25) is 4.79 Å². The summed E-state index contributed by atoms with van der Waals surface area (Å²) in [5.74, 6) is 0.661. The number of anilines is 1. The van der Waals surface area contributed by atoms with E-state index < -0.39 is 6.09 Å². The lowest BCUT2D eigenvalue weighted by Gasteiger charge is -2.45. The van der Waals surface area contributed by atoms with Crippen LogP contribution >= 0.6 is 0 Å². The minimum Gasteiger partial charge on any atom is -0.445 e. The highest BCUT2D eigenvalue weighted by Gasteiger charge is 2.47. The van der Waals surface area contributed by atoms with Crippen LogP contribution in [0.2, 0.25) is 0 Å². The molecular formula is C23H26N2O3. The Balaban J connectivity index is 1.56. The minimum atomic E-state index is -0.429. The molecule has 1 saturated carbocycles. The highest BCUT2D eigenvalue weighted by Crippen LogP contribution is 2.49. The number of nitrogens with one attached hydrogen (secondary N) is 1. The summed E-state index contributed by atoms with van der Waals surface area (Å²) in [5.41, 5.74) is 2.82. The maximum atomic E-state index is 12.5. The maximum Gasteiger partial charge on any atom is 0.407 e. The van der Waals surface area contributed by atoms with E-state index in [4.69, 9.17) is 4.74 Å². The van der Waals surface area contributed by atoms with E-state index in [2.05, 4.69) is 12.2 Å². The Morgan fingerprint density at radius 2 is 1.75 bits per heavy atom. The number of ether oxygens (including phenoxy) is 1. The summed E-state index contributed by atoms with van der Waals surface area (Å²) in [5, 5.41) is 3.07. The van der Waals surface area contributed by atoms with E-state index in [1.165, 1.54) is 0 Å². The average Bonchev–Trinajstić information content (AvgIpc) is 3.53. The van der Waals surface area contributed by atoms with Crippen LogP contribution in [-0.2, 0) is 16.1 Å². The third-order valence-electron chi connectivity index (χ3n) is 5.82. The first kappa shape index (κ1) is 18.5. The molecule has 5 nitrogen and oxygen atoms in total. The second-order valence-corrected chi connectivity index (χ2v) is 7.82. The highest BCUT2D eigenvalue weighted by atomic mass is 16.5. The van der Waals surface area contributed by atoms with Gasteiger partial charge in [-0.25, -0.2) is 4.79 Å². The number of benzene rings is 2. The minimum absolute atomic E-state index is 0.0568. The van der Waals surface area contributed by atoms with Crippen LogP contribution in [0.3, 0.4) is 0 Å². The first-order chi connectivity index (χ1) is 13.6. The van der Waals surface area contributed by atoms with Gasteiger partial charge in [0.05, 0.1) is 6.04 Å². The van der Waals surface area contributed by atoms with Crippen molar-refractivity contribution in [2.24, 2.45) is 11.8 Å². The molecule has 2 aromatic rings. The summed E-state index contributed by atoms with van der Waals surface area (Å²) in [4.78, 5) is 26.9. The Morgan fingerprint density at radius 1 is 1.07 bits per heavy atom.